The summed E-state index contributed by atoms with van der Waals surface area (Å²) in [6.45, 7) is 3.14. The fourth-order valence-electron chi connectivity index (χ4n) is 1.71. The Morgan fingerprint density at radius 3 is 2.47 bits per heavy atom. The Labute approximate surface area is 151 Å². The second-order valence-electron chi connectivity index (χ2n) is 3.94. The predicted octanol–water partition coefficient (Wildman–Crippen LogP) is 6.84. The first-order valence-corrected chi connectivity index (χ1v) is 10.0. The van der Waals surface area contributed by atoms with E-state index in [1.807, 2.05) is 0 Å². The summed E-state index contributed by atoms with van der Waals surface area (Å²) in [7, 11) is 0. The van der Waals surface area contributed by atoms with Crippen LogP contribution < -0.4 is 5.32 Å². The van der Waals surface area contributed by atoms with E-state index in [9.17, 15) is 0 Å². The van der Waals surface area contributed by atoms with Gasteiger partial charge in [0.2, 0.25) is 0 Å². The third-order valence-corrected chi connectivity index (χ3v) is 7.47. The first-order valence-electron chi connectivity index (χ1n) is 5.65. The van der Waals surface area contributed by atoms with Crippen LogP contribution in [0.2, 0.25) is 4.34 Å². The van der Waals surface area contributed by atoms with Crippen molar-refractivity contribution in [3.05, 3.63) is 39.0 Å². The average Bonchev–Trinajstić information content (AvgIpc) is 2.84. The molecule has 0 spiro atoms. The fraction of sp³-hybridized carbons (Fsp3) is 0.333. The molecule has 7 heteroatoms. The Morgan fingerprint density at radius 2 is 2.00 bits per heavy atom. The molecule has 1 N–H and O–H groups in total. The predicted molar refractivity (Wildman–Crippen MR) is 96.9 cm³/mol. The fourth-order valence-corrected chi connectivity index (χ4v) is 6.44. The van der Waals surface area contributed by atoms with Crippen LogP contribution in [0.1, 0.15) is 29.8 Å². The Morgan fingerprint density at radius 1 is 1.26 bits per heavy atom. The van der Waals surface area contributed by atoms with Crippen molar-refractivity contribution >= 4 is 82.1 Å². The van der Waals surface area contributed by atoms with Crippen LogP contribution in [0, 0.1) is 0 Å². The summed E-state index contributed by atoms with van der Waals surface area (Å²) < 4.78 is 4.03. The van der Waals surface area contributed by atoms with E-state index in [0.717, 1.165) is 29.3 Å². The van der Waals surface area contributed by atoms with Crippen LogP contribution in [-0.2, 0) is 0 Å². The highest BCUT2D eigenvalue weighted by Gasteiger charge is 2.21. The van der Waals surface area contributed by atoms with Crippen molar-refractivity contribution in [1.29, 1.82) is 0 Å². The van der Waals surface area contributed by atoms with Gasteiger partial charge in [0, 0.05) is 14.9 Å². The third-order valence-electron chi connectivity index (χ3n) is 2.54. The molecule has 0 aliphatic carbocycles. The number of nitrogens with one attached hydrogen (secondary N) is 1. The van der Waals surface area contributed by atoms with Crippen LogP contribution in [0.4, 0.5) is 0 Å². The molecule has 19 heavy (non-hydrogen) atoms. The normalized spacial score (nSPS) is 12.9. The van der Waals surface area contributed by atoms with Gasteiger partial charge < -0.3 is 5.32 Å². The zero-order valence-electron chi connectivity index (χ0n) is 9.97. The van der Waals surface area contributed by atoms with Gasteiger partial charge >= 0.3 is 0 Å². The van der Waals surface area contributed by atoms with Crippen LogP contribution in [0.25, 0.3) is 0 Å². The van der Waals surface area contributed by atoms with Gasteiger partial charge in [-0.3, -0.25) is 0 Å². The van der Waals surface area contributed by atoms with Gasteiger partial charge in [-0.15, -0.1) is 22.7 Å². The van der Waals surface area contributed by atoms with Crippen molar-refractivity contribution in [3.8, 4) is 0 Å². The van der Waals surface area contributed by atoms with Gasteiger partial charge in [-0.05, 0) is 72.9 Å². The van der Waals surface area contributed by atoms with Gasteiger partial charge in [-0.25, -0.2) is 0 Å². The minimum atomic E-state index is 0.172. The van der Waals surface area contributed by atoms with E-state index in [1.165, 1.54) is 10.4 Å². The smallest absolute Gasteiger partial charge is 0.107 e. The second-order valence-corrected chi connectivity index (χ2v) is 10.2. The van der Waals surface area contributed by atoms with Crippen LogP contribution in [0.15, 0.2) is 24.2 Å². The molecule has 2 aromatic heterocycles. The molecule has 2 heterocycles. The topological polar surface area (TPSA) is 12.0 Å². The molecular formula is C12H11Br3ClNS2. The van der Waals surface area contributed by atoms with E-state index in [1.54, 1.807) is 22.7 Å². The quantitative estimate of drug-likeness (QED) is 0.466. The molecule has 0 aromatic carbocycles. The Hall–Kier alpha value is 1.09. The van der Waals surface area contributed by atoms with Gasteiger partial charge in [0.05, 0.1) is 13.6 Å². The molecule has 2 rings (SSSR count). The summed E-state index contributed by atoms with van der Waals surface area (Å²) in [5, 5.41) is 3.58. The van der Waals surface area contributed by atoms with Crippen molar-refractivity contribution in [2.45, 2.75) is 19.4 Å². The monoisotopic (exact) mass is 505 g/mol. The minimum absolute atomic E-state index is 0.172. The Kier molecular flexibility index (Phi) is 6.40. The molecule has 0 bridgehead atoms. The lowest BCUT2D eigenvalue weighted by Gasteiger charge is -2.16. The lowest BCUT2D eigenvalue weighted by atomic mass is 10.1. The summed E-state index contributed by atoms with van der Waals surface area (Å²) >= 11 is 20.1. The molecule has 0 saturated carbocycles. The van der Waals surface area contributed by atoms with Crippen LogP contribution in [0.5, 0.6) is 0 Å². The molecule has 0 amide bonds. The molecule has 0 saturated heterocycles. The highest BCUT2D eigenvalue weighted by Crippen LogP contribution is 2.42. The maximum absolute atomic E-state index is 6.17. The Bertz CT molecular complexity index is 548. The highest BCUT2D eigenvalue weighted by molar-refractivity contribution is 9.12. The SMILES string of the molecule is CCCNC(c1cc(Br)c(Cl)s1)c1cc(Br)sc1Br. The van der Waals surface area contributed by atoms with Gasteiger partial charge in [0.1, 0.15) is 4.34 Å². The number of thiophene rings is 2. The minimum Gasteiger partial charge on any atom is -0.306 e. The molecule has 104 valence electrons. The average molecular weight is 509 g/mol. The maximum atomic E-state index is 6.17. The molecule has 0 aliphatic rings. The summed E-state index contributed by atoms with van der Waals surface area (Å²) in [4.78, 5) is 1.22. The van der Waals surface area contributed by atoms with E-state index in [4.69, 9.17) is 11.6 Å². The summed E-state index contributed by atoms with van der Waals surface area (Å²) in [5.41, 5.74) is 1.25. The van der Waals surface area contributed by atoms with Gasteiger partial charge in [0.15, 0.2) is 0 Å². The summed E-state index contributed by atoms with van der Waals surface area (Å²) in [6, 6.07) is 4.42. The number of rotatable bonds is 5. The van der Waals surface area contributed by atoms with Crippen molar-refractivity contribution in [2.24, 2.45) is 0 Å². The van der Waals surface area contributed by atoms with E-state index < -0.39 is 0 Å². The van der Waals surface area contributed by atoms with Crippen LogP contribution in [-0.4, -0.2) is 6.54 Å². The standard InChI is InChI=1S/C12H11Br3ClNS2/c1-2-3-17-10(6-4-9(14)19-11(6)15)8-5-7(13)12(16)18-8/h4-5,10,17H,2-3H2,1H3. The highest BCUT2D eigenvalue weighted by atomic mass is 79.9. The molecule has 1 unspecified atom stereocenters. The van der Waals surface area contributed by atoms with Crippen LogP contribution >= 0.6 is 82.1 Å². The van der Waals surface area contributed by atoms with Gasteiger partial charge in [-0.1, -0.05) is 18.5 Å². The van der Waals surface area contributed by atoms with Crippen molar-refractivity contribution in [2.75, 3.05) is 6.54 Å². The molecule has 2 aromatic rings. The van der Waals surface area contributed by atoms with Crippen molar-refractivity contribution in [1.82, 2.24) is 5.32 Å². The first-order chi connectivity index (χ1) is 9.02. The van der Waals surface area contributed by atoms with Crippen molar-refractivity contribution in [3.63, 3.8) is 0 Å². The molecule has 0 radical (unpaired) electrons. The maximum Gasteiger partial charge on any atom is 0.107 e. The third kappa shape index (κ3) is 4.05. The van der Waals surface area contributed by atoms with E-state index in [-0.39, 0.29) is 6.04 Å². The zero-order valence-corrected chi connectivity index (χ0v) is 17.1. The number of hydrogen-bond acceptors (Lipinski definition) is 3. The largest absolute Gasteiger partial charge is 0.306 e. The van der Waals surface area contributed by atoms with Gasteiger partial charge in [0.25, 0.3) is 0 Å². The second kappa shape index (κ2) is 7.38. The molecule has 0 aliphatic heterocycles. The molecule has 1 atom stereocenters. The van der Waals surface area contributed by atoms with E-state index in [2.05, 4.69) is 72.2 Å². The lowest BCUT2D eigenvalue weighted by Crippen LogP contribution is -2.22. The molecule has 1 nitrogen and oxygen atoms in total. The molecular weight excluding hydrogens is 497 g/mol. The summed E-state index contributed by atoms with van der Waals surface area (Å²) in [5.74, 6) is 0. The van der Waals surface area contributed by atoms with E-state index >= 15 is 0 Å². The van der Waals surface area contributed by atoms with Crippen molar-refractivity contribution < 1.29 is 0 Å². The zero-order chi connectivity index (χ0) is 14.0. The van der Waals surface area contributed by atoms with Crippen LogP contribution in [0.3, 0.4) is 0 Å². The first kappa shape index (κ1) is 16.5. The lowest BCUT2D eigenvalue weighted by molar-refractivity contribution is 0.605. The molecule has 0 fully saturated rings. The number of halogens is 4. The summed E-state index contributed by atoms with van der Waals surface area (Å²) in [6.07, 6.45) is 1.10. The Balaban J connectivity index is 2.38. The van der Waals surface area contributed by atoms with Gasteiger partial charge in [-0.2, -0.15) is 0 Å². The number of hydrogen-bond donors (Lipinski definition) is 1. The van der Waals surface area contributed by atoms with E-state index in [0.29, 0.717) is 0 Å².